The number of amides is 2. The number of aliphatic carboxylic acids is 1. The molecule has 0 radical (unpaired) electrons. The molecule has 0 fully saturated rings. The van der Waals surface area contributed by atoms with Gasteiger partial charge in [-0.1, -0.05) is 0 Å². The van der Waals surface area contributed by atoms with Crippen molar-refractivity contribution in [3.63, 3.8) is 0 Å². The van der Waals surface area contributed by atoms with Crippen molar-refractivity contribution in [2.75, 3.05) is 20.2 Å². The van der Waals surface area contributed by atoms with Gasteiger partial charge in [0.15, 0.2) is 6.10 Å². The number of rotatable bonds is 7. The van der Waals surface area contributed by atoms with Crippen molar-refractivity contribution in [3.05, 3.63) is 0 Å². The van der Waals surface area contributed by atoms with Gasteiger partial charge < -0.3 is 25.6 Å². The second-order valence-corrected chi connectivity index (χ2v) is 4.22. The molecule has 0 aromatic rings. The van der Waals surface area contributed by atoms with Gasteiger partial charge in [0, 0.05) is 26.6 Å². The SMILES string of the molecule is COC(C)(C)CNC(=O)NCCC(O)C(=O)O. The first kappa shape index (κ1) is 15.7. The average molecular weight is 248 g/mol. The Hall–Kier alpha value is -1.34. The van der Waals surface area contributed by atoms with E-state index >= 15 is 0 Å². The lowest BCUT2D eigenvalue weighted by Gasteiger charge is -2.23. The van der Waals surface area contributed by atoms with Crippen molar-refractivity contribution in [1.29, 1.82) is 0 Å². The maximum Gasteiger partial charge on any atom is 0.332 e. The molecule has 0 aromatic carbocycles. The van der Waals surface area contributed by atoms with Crippen LogP contribution in [0.5, 0.6) is 0 Å². The number of nitrogens with one attached hydrogen (secondary N) is 2. The van der Waals surface area contributed by atoms with Crippen molar-refractivity contribution in [2.24, 2.45) is 0 Å². The molecule has 2 amide bonds. The molecule has 17 heavy (non-hydrogen) atoms. The highest BCUT2D eigenvalue weighted by molar-refractivity contribution is 5.74. The van der Waals surface area contributed by atoms with Crippen LogP contribution in [0.25, 0.3) is 0 Å². The number of ether oxygens (including phenoxy) is 1. The Morgan fingerprint density at radius 1 is 1.35 bits per heavy atom. The molecule has 0 aromatic heterocycles. The fourth-order valence-electron chi connectivity index (χ4n) is 0.874. The zero-order chi connectivity index (χ0) is 13.5. The maximum absolute atomic E-state index is 11.3. The standard InChI is InChI=1S/C10H20N2O5/c1-10(2,17-3)6-12-9(16)11-5-4-7(13)8(14)15/h7,13H,4-6H2,1-3H3,(H,14,15)(H2,11,12,16). The van der Waals surface area contributed by atoms with Gasteiger partial charge >= 0.3 is 12.0 Å². The number of carbonyl (C=O) groups excluding carboxylic acids is 1. The third-order valence-corrected chi connectivity index (χ3v) is 2.22. The first-order valence-corrected chi connectivity index (χ1v) is 5.26. The summed E-state index contributed by atoms with van der Waals surface area (Å²) in [5.74, 6) is -1.30. The van der Waals surface area contributed by atoms with Crippen LogP contribution in [-0.2, 0) is 9.53 Å². The topological polar surface area (TPSA) is 108 Å². The summed E-state index contributed by atoms with van der Waals surface area (Å²) in [4.78, 5) is 21.5. The summed E-state index contributed by atoms with van der Waals surface area (Å²) >= 11 is 0. The largest absolute Gasteiger partial charge is 0.479 e. The fraction of sp³-hybridized carbons (Fsp3) is 0.800. The lowest BCUT2D eigenvalue weighted by atomic mass is 10.1. The lowest BCUT2D eigenvalue weighted by Crippen LogP contribution is -2.45. The molecule has 0 spiro atoms. The number of aliphatic hydroxyl groups excluding tert-OH is 1. The van der Waals surface area contributed by atoms with Crippen molar-refractivity contribution >= 4 is 12.0 Å². The number of urea groups is 1. The van der Waals surface area contributed by atoms with Crippen LogP contribution in [0.2, 0.25) is 0 Å². The molecular formula is C10H20N2O5. The Kier molecular flexibility index (Phi) is 6.52. The summed E-state index contributed by atoms with van der Waals surface area (Å²) < 4.78 is 5.10. The molecule has 0 rings (SSSR count). The van der Waals surface area contributed by atoms with Crippen LogP contribution in [-0.4, -0.2) is 54.1 Å². The minimum Gasteiger partial charge on any atom is -0.479 e. The van der Waals surface area contributed by atoms with Gasteiger partial charge in [0.1, 0.15) is 0 Å². The minimum absolute atomic E-state index is 0.0313. The smallest absolute Gasteiger partial charge is 0.332 e. The highest BCUT2D eigenvalue weighted by atomic mass is 16.5. The monoisotopic (exact) mass is 248 g/mol. The molecule has 7 nitrogen and oxygen atoms in total. The van der Waals surface area contributed by atoms with Crippen molar-refractivity contribution < 1.29 is 24.5 Å². The third-order valence-electron chi connectivity index (χ3n) is 2.22. The van der Waals surface area contributed by atoms with Crippen LogP contribution in [0.1, 0.15) is 20.3 Å². The van der Waals surface area contributed by atoms with Crippen molar-refractivity contribution in [2.45, 2.75) is 32.0 Å². The number of carboxylic acid groups (broad SMARTS) is 1. The van der Waals surface area contributed by atoms with E-state index in [0.717, 1.165) is 0 Å². The Morgan fingerprint density at radius 2 is 1.94 bits per heavy atom. The Labute approximate surface area is 100 Å². The van der Waals surface area contributed by atoms with E-state index < -0.39 is 23.7 Å². The Bertz CT molecular complexity index is 267. The zero-order valence-corrected chi connectivity index (χ0v) is 10.3. The van der Waals surface area contributed by atoms with Gasteiger partial charge in [-0.2, -0.15) is 0 Å². The van der Waals surface area contributed by atoms with Crippen LogP contribution in [0.4, 0.5) is 4.79 Å². The summed E-state index contributed by atoms with van der Waals surface area (Å²) in [6, 6.07) is -0.423. The molecule has 0 aliphatic carbocycles. The molecule has 100 valence electrons. The summed E-state index contributed by atoms with van der Waals surface area (Å²) in [7, 11) is 1.54. The average Bonchev–Trinajstić information content (AvgIpc) is 2.26. The molecular weight excluding hydrogens is 228 g/mol. The second-order valence-electron chi connectivity index (χ2n) is 4.22. The van der Waals surface area contributed by atoms with Gasteiger partial charge in [-0.25, -0.2) is 9.59 Å². The summed E-state index contributed by atoms with van der Waals surface area (Å²) in [5.41, 5.74) is -0.460. The molecule has 1 unspecified atom stereocenters. The van der Waals surface area contributed by atoms with E-state index in [1.165, 1.54) is 0 Å². The predicted octanol–water partition coefficient (Wildman–Crippen LogP) is -0.454. The molecule has 0 saturated carbocycles. The van der Waals surface area contributed by atoms with E-state index in [0.29, 0.717) is 6.54 Å². The molecule has 0 bridgehead atoms. The molecule has 1 atom stereocenters. The predicted molar refractivity (Wildman–Crippen MR) is 60.7 cm³/mol. The number of hydrogen-bond donors (Lipinski definition) is 4. The highest BCUT2D eigenvalue weighted by Gasteiger charge is 2.17. The van der Waals surface area contributed by atoms with E-state index in [4.69, 9.17) is 14.9 Å². The van der Waals surface area contributed by atoms with Crippen LogP contribution in [0, 0.1) is 0 Å². The maximum atomic E-state index is 11.3. The highest BCUT2D eigenvalue weighted by Crippen LogP contribution is 2.04. The summed E-state index contributed by atoms with van der Waals surface area (Å²) in [6.45, 7) is 4.06. The normalized spacial score (nSPS) is 12.9. The quantitative estimate of drug-likeness (QED) is 0.488. The lowest BCUT2D eigenvalue weighted by molar-refractivity contribution is -0.146. The zero-order valence-electron chi connectivity index (χ0n) is 10.3. The summed E-state index contributed by atoms with van der Waals surface area (Å²) in [6.07, 6.45) is -1.48. The number of hydrogen-bond acceptors (Lipinski definition) is 4. The van der Waals surface area contributed by atoms with E-state index in [-0.39, 0.29) is 13.0 Å². The van der Waals surface area contributed by atoms with Gasteiger partial charge in [0.05, 0.1) is 5.60 Å². The van der Waals surface area contributed by atoms with Crippen LogP contribution in [0.15, 0.2) is 0 Å². The van der Waals surface area contributed by atoms with E-state index in [2.05, 4.69) is 10.6 Å². The number of carboxylic acids is 1. The van der Waals surface area contributed by atoms with Gasteiger partial charge in [0.2, 0.25) is 0 Å². The number of aliphatic hydroxyl groups is 1. The van der Waals surface area contributed by atoms with Crippen LogP contribution in [0.3, 0.4) is 0 Å². The molecule has 0 heterocycles. The second kappa shape index (κ2) is 7.08. The van der Waals surface area contributed by atoms with E-state index in [1.54, 1.807) is 7.11 Å². The van der Waals surface area contributed by atoms with E-state index in [9.17, 15) is 9.59 Å². The van der Waals surface area contributed by atoms with Gasteiger partial charge in [-0.3, -0.25) is 0 Å². The minimum atomic E-state index is -1.45. The Balaban J connectivity index is 3.71. The number of methoxy groups -OCH3 is 1. The van der Waals surface area contributed by atoms with Gasteiger partial charge in [-0.05, 0) is 13.8 Å². The molecule has 4 N–H and O–H groups in total. The molecule has 7 heteroatoms. The first-order valence-electron chi connectivity index (χ1n) is 5.26. The Morgan fingerprint density at radius 3 is 2.41 bits per heavy atom. The third kappa shape index (κ3) is 7.53. The first-order chi connectivity index (χ1) is 7.78. The molecule has 0 saturated heterocycles. The van der Waals surface area contributed by atoms with Crippen LogP contribution >= 0.6 is 0 Å². The fourth-order valence-corrected chi connectivity index (χ4v) is 0.874. The van der Waals surface area contributed by atoms with E-state index in [1.807, 2.05) is 13.8 Å². The van der Waals surface area contributed by atoms with Crippen molar-refractivity contribution in [3.8, 4) is 0 Å². The number of carbonyl (C=O) groups is 2. The molecule has 0 aliphatic rings. The van der Waals surface area contributed by atoms with Gasteiger partial charge in [0.25, 0.3) is 0 Å². The van der Waals surface area contributed by atoms with Crippen LogP contribution < -0.4 is 10.6 Å². The van der Waals surface area contributed by atoms with Crippen molar-refractivity contribution in [1.82, 2.24) is 10.6 Å². The molecule has 0 aliphatic heterocycles. The summed E-state index contributed by atoms with van der Waals surface area (Å²) in [5, 5.41) is 22.3. The van der Waals surface area contributed by atoms with Gasteiger partial charge in [-0.15, -0.1) is 0 Å².